The topological polar surface area (TPSA) is 34.5 Å². The molecule has 2 aliphatic heterocycles. The van der Waals surface area contributed by atoms with E-state index in [1.165, 1.54) is 0 Å². The Labute approximate surface area is 120 Å². The van der Waals surface area contributed by atoms with E-state index in [1.54, 1.807) is 0 Å². The van der Waals surface area contributed by atoms with Gasteiger partial charge in [-0.1, -0.05) is 34.1 Å². The SMILES string of the molecule is CC[C@H](C)[C@H]1C(=O)N2C(OC[C@@H]2C(C)C)c2cccn21. The number of carbonyl (C=O) groups is 1. The van der Waals surface area contributed by atoms with Gasteiger partial charge in [0.15, 0.2) is 6.23 Å². The molecule has 1 aromatic heterocycles. The van der Waals surface area contributed by atoms with Crippen LogP contribution in [0, 0.1) is 11.8 Å². The van der Waals surface area contributed by atoms with Crippen LogP contribution in [-0.4, -0.2) is 28.0 Å². The van der Waals surface area contributed by atoms with Gasteiger partial charge in [-0.05, 0) is 24.0 Å². The van der Waals surface area contributed by atoms with E-state index in [-0.39, 0.29) is 24.2 Å². The summed E-state index contributed by atoms with van der Waals surface area (Å²) in [4.78, 5) is 15.0. The summed E-state index contributed by atoms with van der Waals surface area (Å²) in [5.41, 5.74) is 1.12. The molecule has 3 heterocycles. The summed E-state index contributed by atoms with van der Waals surface area (Å²) in [7, 11) is 0. The van der Waals surface area contributed by atoms with E-state index in [9.17, 15) is 4.79 Å². The van der Waals surface area contributed by atoms with Gasteiger partial charge in [-0.2, -0.15) is 0 Å². The lowest BCUT2D eigenvalue weighted by molar-refractivity contribution is -0.148. The maximum Gasteiger partial charge on any atom is 0.248 e. The molecule has 1 unspecified atom stereocenters. The van der Waals surface area contributed by atoms with Gasteiger partial charge < -0.3 is 14.2 Å². The Morgan fingerprint density at radius 1 is 1.40 bits per heavy atom. The van der Waals surface area contributed by atoms with Gasteiger partial charge in [0, 0.05) is 6.20 Å². The molecule has 0 aromatic carbocycles. The smallest absolute Gasteiger partial charge is 0.248 e. The Morgan fingerprint density at radius 3 is 2.80 bits per heavy atom. The standard InChI is InChI=1S/C16H24N2O2/c1-5-11(4)14-15(19)18-13(10(2)3)9-20-16(18)12-7-6-8-17(12)14/h6-8,10-11,13-14,16H,5,9H2,1-4H3/t11-,13+,14-,16?/m0/s1. The third kappa shape index (κ3) is 1.81. The van der Waals surface area contributed by atoms with E-state index >= 15 is 0 Å². The summed E-state index contributed by atoms with van der Waals surface area (Å²) in [6.07, 6.45) is 2.83. The first kappa shape index (κ1) is 13.7. The van der Waals surface area contributed by atoms with Gasteiger partial charge in [0.05, 0.1) is 18.3 Å². The van der Waals surface area contributed by atoms with Crippen LogP contribution in [0.3, 0.4) is 0 Å². The molecular weight excluding hydrogens is 252 g/mol. The number of hydrogen-bond donors (Lipinski definition) is 0. The van der Waals surface area contributed by atoms with E-state index < -0.39 is 0 Å². The number of amides is 1. The summed E-state index contributed by atoms with van der Waals surface area (Å²) >= 11 is 0. The minimum absolute atomic E-state index is 0.0794. The van der Waals surface area contributed by atoms with Gasteiger partial charge in [-0.3, -0.25) is 4.79 Å². The van der Waals surface area contributed by atoms with Crippen molar-refractivity contribution in [1.82, 2.24) is 9.47 Å². The molecule has 1 aromatic rings. The monoisotopic (exact) mass is 276 g/mol. The number of hydrogen-bond acceptors (Lipinski definition) is 2. The first-order valence-electron chi connectivity index (χ1n) is 7.66. The molecule has 0 bridgehead atoms. The maximum atomic E-state index is 13.0. The van der Waals surface area contributed by atoms with Gasteiger partial charge in [0.1, 0.15) is 6.04 Å². The second-order valence-corrected chi connectivity index (χ2v) is 6.41. The fourth-order valence-electron chi connectivity index (χ4n) is 3.43. The third-order valence-corrected chi connectivity index (χ3v) is 4.86. The molecule has 0 N–H and O–H groups in total. The molecule has 1 fully saturated rings. The summed E-state index contributed by atoms with van der Waals surface area (Å²) < 4.78 is 8.06. The highest BCUT2D eigenvalue weighted by Gasteiger charge is 2.48. The van der Waals surface area contributed by atoms with Crippen LogP contribution in [0.5, 0.6) is 0 Å². The van der Waals surface area contributed by atoms with E-state index in [0.717, 1.165) is 12.1 Å². The van der Waals surface area contributed by atoms with Crippen molar-refractivity contribution in [3.8, 4) is 0 Å². The van der Waals surface area contributed by atoms with E-state index in [0.29, 0.717) is 18.4 Å². The van der Waals surface area contributed by atoms with Crippen molar-refractivity contribution in [3.05, 3.63) is 24.0 Å². The molecular formula is C16H24N2O2. The molecule has 2 aliphatic rings. The molecule has 1 amide bonds. The van der Waals surface area contributed by atoms with Crippen molar-refractivity contribution in [2.75, 3.05) is 6.61 Å². The second kappa shape index (κ2) is 4.92. The number of aromatic nitrogens is 1. The first-order chi connectivity index (χ1) is 9.56. The van der Waals surface area contributed by atoms with Crippen LogP contribution in [0.2, 0.25) is 0 Å². The molecule has 0 spiro atoms. The Bertz CT molecular complexity index is 508. The van der Waals surface area contributed by atoms with Gasteiger partial charge in [-0.15, -0.1) is 0 Å². The van der Waals surface area contributed by atoms with Crippen molar-refractivity contribution in [2.24, 2.45) is 11.8 Å². The Hall–Kier alpha value is -1.29. The van der Waals surface area contributed by atoms with Crippen molar-refractivity contribution >= 4 is 5.91 Å². The van der Waals surface area contributed by atoms with Crippen LogP contribution in [0.1, 0.15) is 52.1 Å². The average Bonchev–Trinajstić information content (AvgIpc) is 3.03. The highest BCUT2D eigenvalue weighted by atomic mass is 16.5. The highest BCUT2D eigenvalue weighted by Crippen LogP contribution is 2.42. The summed E-state index contributed by atoms with van der Waals surface area (Å²) in [6.45, 7) is 9.28. The van der Waals surface area contributed by atoms with Crippen molar-refractivity contribution in [2.45, 2.75) is 52.4 Å². The minimum atomic E-state index is -0.190. The van der Waals surface area contributed by atoms with Crippen LogP contribution >= 0.6 is 0 Å². The lowest BCUT2D eigenvalue weighted by atomic mass is 9.93. The fraction of sp³-hybridized carbons (Fsp3) is 0.688. The number of rotatable bonds is 3. The summed E-state index contributed by atoms with van der Waals surface area (Å²) in [6, 6.07) is 4.22. The minimum Gasteiger partial charge on any atom is -0.350 e. The van der Waals surface area contributed by atoms with E-state index in [4.69, 9.17) is 4.74 Å². The molecule has 3 rings (SSSR count). The Kier molecular flexibility index (Phi) is 3.36. The fourth-order valence-corrected chi connectivity index (χ4v) is 3.43. The number of ether oxygens (including phenoxy) is 1. The molecule has 110 valence electrons. The Balaban J connectivity index is 2.05. The maximum absolute atomic E-state index is 13.0. The zero-order chi connectivity index (χ0) is 14.4. The molecule has 4 heteroatoms. The zero-order valence-electron chi connectivity index (χ0n) is 12.7. The largest absolute Gasteiger partial charge is 0.350 e. The van der Waals surface area contributed by atoms with E-state index in [1.807, 2.05) is 17.2 Å². The van der Waals surface area contributed by atoms with Gasteiger partial charge in [0.2, 0.25) is 5.91 Å². The van der Waals surface area contributed by atoms with Gasteiger partial charge >= 0.3 is 0 Å². The Morgan fingerprint density at radius 2 is 2.15 bits per heavy atom. The summed E-state index contributed by atoms with van der Waals surface area (Å²) in [5.74, 6) is 0.982. The predicted molar refractivity (Wildman–Crippen MR) is 77.1 cm³/mol. The predicted octanol–water partition coefficient (Wildman–Crippen LogP) is 2.97. The van der Waals surface area contributed by atoms with E-state index in [2.05, 4.69) is 38.3 Å². The van der Waals surface area contributed by atoms with Crippen molar-refractivity contribution in [3.63, 3.8) is 0 Å². The van der Waals surface area contributed by atoms with Crippen molar-refractivity contribution < 1.29 is 9.53 Å². The van der Waals surface area contributed by atoms with Crippen LogP contribution in [-0.2, 0) is 9.53 Å². The lowest BCUT2D eigenvalue weighted by Crippen LogP contribution is -2.50. The zero-order valence-corrected chi connectivity index (χ0v) is 12.7. The molecule has 0 aliphatic carbocycles. The average molecular weight is 276 g/mol. The summed E-state index contributed by atoms with van der Waals surface area (Å²) in [5, 5.41) is 0. The third-order valence-electron chi connectivity index (χ3n) is 4.86. The molecule has 4 atom stereocenters. The first-order valence-corrected chi connectivity index (χ1v) is 7.66. The molecule has 4 nitrogen and oxygen atoms in total. The lowest BCUT2D eigenvalue weighted by Gasteiger charge is -2.41. The quantitative estimate of drug-likeness (QED) is 0.850. The van der Waals surface area contributed by atoms with Gasteiger partial charge in [0.25, 0.3) is 0 Å². The molecule has 0 radical (unpaired) electrons. The normalized spacial score (nSPS) is 30.6. The molecule has 1 saturated heterocycles. The second-order valence-electron chi connectivity index (χ2n) is 6.41. The number of nitrogens with zero attached hydrogens (tertiary/aromatic N) is 2. The van der Waals surface area contributed by atoms with Crippen LogP contribution in [0.25, 0.3) is 0 Å². The number of fused-ring (bicyclic) bond motifs is 3. The molecule has 0 saturated carbocycles. The van der Waals surface area contributed by atoms with Crippen LogP contribution in [0.15, 0.2) is 18.3 Å². The van der Waals surface area contributed by atoms with Crippen LogP contribution in [0.4, 0.5) is 0 Å². The number of carbonyl (C=O) groups excluding carboxylic acids is 1. The highest BCUT2D eigenvalue weighted by molar-refractivity contribution is 5.83. The van der Waals surface area contributed by atoms with Crippen molar-refractivity contribution in [1.29, 1.82) is 0 Å². The van der Waals surface area contributed by atoms with Crippen LogP contribution < -0.4 is 0 Å². The molecule has 20 heavy (non-hydrogen) atoms. The van der Waals surface area contributed by atoms with Gasteiger partial charge in [-0.25, -0.2) is 0 Å².